The van der Waals surface area contributed by atoms with E-state index in [0.717, 1.165) is 0 Å². The van der Waals surface area contributed by atoms with Gasteiger partial charge in [0.15, 0.2) is 0 Å². The second-order valence-corrected chi connectivity index (χ2v) is 8.21. The number of halogens is 22. The summed E-state index contributed by atoms with van der Waals surface area (Å²) in [5.74, 6) is -56.9. The summed E-state index contributed by atoms with van der Waals surface area (Å²) in [6.07, 6.45) is -20.1. The molecule has 0 N–H and O–H groups in total. The van der Waals surface area contributed by atoms with Crippen molar-refractivity contribution in [3.05, 3.63) is 11.7 Å². The largest absolute Gasteiger partial charge is 0.428 e. The smallest absolute Gasteiger partial charge is 0.396 e. The van der Waals surface area contributed by atoms with Crippen LogP contribution in [-0.2, 0) is 9.53 Å². The van der Waals surface area contributed by atoms with Gasteiger partial charge in [-0.1, -0.05) is 0 Å². The van der Waals surface area contributed by atoms with E-state index in [1.54, 1.807) is 0 Å². The van der Waals surface area contributed by atoms with Crippen LogP contribution in [0.1, 0.15) is 0 Å². The topological polar surface area (TPSA) is 26.3 Å². The van der Waals surface area contributed by atoms with Gasteiger partial charge in [-0.25, -0.2) is 44.3 Å². The normalized spacial score (nSPS) is 40.3. The van der Waals surface area contributed by atoms with Crippen LogP contribution in [-0.4, -0.2) is 70.8 Å². The molecule has 4 aliphatic rings. The maximum absolute atomic E-state index is 14.8. The van der Waals surface area contributed by atoms with Gasteiger partial charge in [-0.05, 0) is 0 Å². The summed E-state index contributed by atoms with van der Waals surface area (Å²) < 4.78 is 311. The number of carbonyl (C=O) groups is 1. The van der Waals surface area contributed by atoms with E-state index in [9.17, 15) is 101 Å². The second-order valence-electron chi connectivity index (χ2n) is 8.21. The first-order chi connectivity index (χ1) is 16.7. The third kappa shape index (κ3) is 2.26. The summed E-state index contributed by atoms with van der Waals surface area (Å²) in [4.78, 5) is 11.2. The average molecular weight is 630 g/mol. The Bertz CT molecular complexity index is 1040. The highest BCUT2D eigenvalue weighted by atomic mass is 19.4. The van der Waals surface area contributed by atoms with Crippen LogP contribution in [0.5, 0.6) is 0 Å². The third-order valence-electron chi connectivity index (χ3n) is 6.64. The highest BCUT2D eigenvalue weighted by Gasteiger charge is 3.25. The highest BCUT2D eigenvalue weighted by molar-refractivity contribution is 5.90. The molecule has 4 rings (SSSR count). The lowest BCUT2D eigenvalue weighted by atomic mass is 9.36. The summed E-state index contributed by atoms with van der Waals surface area (Å²) in [6.45, 7) is 0. The van der Waals surface area contributed by atoms with Crippen LogP contribution in [0.25, 0.3) is 0 Å². The van der Waals surface area contributed by atoms with Gasteiger partial charge in [-0.2, -0.15) is 57.1 Å². The summed E-state index contributed by atoms with van der Waals surface area (Å²) in [5, 5.41) is 0. The number of hydrogen-bond donors (Lipinski definition) is 0. The minimum absolute atomic E-state index is 1.81. The zero-order valence-electron chi connectivity index (χ0n) is 16.6. The first-order valence-corrected chi connectivity index (χ1v) is 8.77. The molecule has 4 fully saturated rings. The van der Waals surface area contributed by atoms with Crippen LogP contribution in [0.3, 0.4) is 0 Å². The minimum Gasteiger partial charge on any atom is -0.396 e. The van der Waals surface area contributed by atoms with E-state index in [1.807, 2.05) is 4.74 Å². The van der Waals surface area contributed by atoms with Gasteiger partial charge < -0.3 is 4.74 Å². The lowest BCUT2D eigenvalue weighted by Gasteiger charge is -2.75. The Morgan fingerprint density at radius 2 is 0.744 bits per heavy atom. The third-order valence-corrected chi connectivity index (χ3v) is 6.64. The number of carbonyl (C=O) groups excluding carboxylic acids is 1. The SMILES string of the molecule is O=C(OC(F)(F)C12C(F)(F)C3(F)C(F)(F)C(F)(C(F)(F)C(F)(C3(F)F)C1(F)F)C2(F)F)C(=C(F)F)C(F)(F)F. The molecule has 4 saturated carbocycles. The number of ether oxygens (including phenoxy) is 1. The lowest BCUT2D eigenvalue weighted by Crippen LogP contribution is -3.09. The van der Waals surface area contributed by atoms with Crippen molar-refractivity contribution < 1.29 is 106 Å². The zero-order valence-corrected chi connectivity index (χ0v) is 16.6. The summed E-state index contributed by atoms with van der Waals surface area (Å²) in [5.41, 5.74) is -39.1. The average Bonchev–Trinajstić information content (AvgIpc) is 2.65. The summed E-state index contributed by atoms with van der Waals surface area (Å²) in [6, 6.07) is 0. The van der Waals surface area contributed by atoms with E-state index in [0.29, 0.717) is 0 Å². The van der Waals surface area contributed by atoms with Crippen molar-refractivity contribution in [3.8, 4) is 0 Å². The lowest BCUT2D eigenvalue weighted by molar-refractivity contribution is -0.638. The first-order valence-electron chi connectivity index (χ1n) is 8.77. The first kappa shape index (κ1) is 31.2. The molecular formula is C15F22O2. The fraction of sp³-hybridized carbons (Fsp3) is 0.800. The van der Waals surface area contributed by atoms with Crippen molar-refractivity contribution in [2.45, 2.75) is 64.8 Å². The van der Waals surface area contributed by atoms with Gasteiger partial charge >= 0.3 is 70.8 Å². The van der Waals surface area contributed by atoms with Crippen molar-refractivity contribution in [2.24, 2.45) is 5.41 Å². The number of rotatable bonds is 3. The molecule has 0 unspecified atom stereocenters. The van der Waals surface area contributed by atoms with Crippen LogP contribution in [0, 0.1) is 5.41 Å². The Hall–Kier alpha value is -2.33. The maximum Gasteiger partial charge on any atom is 0.428 e. The van der Waals surface area contributed by atoms with Gasteiger partial charge in [0.1, 0.15) is 0 Å². The Kier molecular flexibility index (Phi) is 5.40. The van der Waals surface area contributed by atoms with E-state index >= 15 is 0 Å². The van der Waals surface area contributed by atoms with Gasteiger partial charge in [0, 0.05) is 0 Å². The van der Waals surface area contributed by atoms with Gasteiger partial charge in [0.25, 0.3) is 11.5 Å². The molecule has 0 spiro atoms. The van der Waals surface area contributed by atoms with E-state index in [-0.39, 0.29) is 0 Å². The Morgan fingerprint density at radius 3 is 0.949 bits per heavy atom. The molecule has 2 nitrogen and oxygen atoms in total. The van der Waals surface area contributed by atoms with Crippen LogP contribution in [0.2, 0.25) is 0 Å². The van der Waals surface area contributed by atoms with Crippen molar-refractivity contribution in [1.82, 2.24) is 0 Å². The van der Waals surface area contributed by atoms with Crippen LogP contribution in [0.4, 0.5) is 96.6 Å². The molecule has 4 bridgehead atoms. The van der Waals surface area contributed by atoms with E-state index in [1.165, 1.54) is 0 Å². The molecule has 226 valence electrons. The quantitative estimate of drug-likeness (QED) is 0.195. The van der Waals surface area contributed by atoms with Crippen molar-refractivity contribution in [1.29, 1.82) is 0 Å². The van der Waals surface area contributed by atoms with Gasteiger partial charge in [0.05, 0.1) is 0 Å². The molecule has 0 aromatic rings. The number of hydrogen-bond acceptors (Lipinski definition) is 2. The van der Waals surface area contributed by atoms with Gasteiger partial charge in [-0.3, -0.25) is 0 Å². The molecule has 24 heteroatoms. The standard InChI is InChI=1S/C15F22O2/c16-2(17)1(4(18,19)20)3(38)39-15(36,37)5-9(24,25)6(21)12(30,31)7(22,10(5,26)27)14(34,35)8(23,11(5,28)29)13(6,32)33. The Morgan fingerprint density at radius 1 is 0.487 bits per heavy atom. The molecule has 0 heterocycles. The fourth-order valence-electron chi connectivity index (χ4n) is 4.95. The van der Waals surface area contributed by atoms with Crippen LogP contribution < -0.4 is 0 Å². The molecule has 0 aliphatic heterocycles. The van der Waals surface area contributed by atoms with E-state index in [4.69, 9.17) is 0 Å². The maximum atomic E-state index is 14.8. The molecule has 39 heavy (non-hydrogen) atoms. The van der Waals surface area contributed by atoms with Gasteiger partial charge in [-0.15, -0.1) is 0 Å². The predicted octanol–water partition coefficient (Wildman–Crippen LogP) is 6.80. The number of alkyl halides is 20. The molecule has 0 aromatic carbocycles. The van der Waals surface area contributed by atoms with E-state index in [2.05, 4.69) is 0 Å². The predicted molar refractivity (Wildman–Crippen MR) is 70.0 cm³/mol. The molecule has 0 radical (unpaired) electrons. The Balaban J connectivity index is 2.60. The second kappa shape index (κ2) is 6.75. The summed E-state index contributed by atoms with van der Waals surface area (Å²) in [7, 11) is 0. The van der Waals surface area contributed by atoms with Crippen LogP contribution in [0.15, 0.2) is 11.7 Å². The highest BCUT2D eigenvalue weighted by Crippen LogP contribution is 2.92. The van der Waals surface area contributed by atoms with Crippen molar-refractivity contribution in [2.75, 3.05) is 0 Å². The molecule has 0 amide bonds. The van der Waals surface area contributed by atoms with Gasteiger partial charge in [0.2, 0.25) is 5.57 Å². The monoisotopic (exact) mass is 630 g/mol. The van der Waals surface area contributed by atoms with Crippen molar-refractivity contribution in [3.63, 3.8) is 0 Å². The fourth-order valence-corrected chi connectivity index (χ4v) is 4.95. The molecule has 0 atom stereocenters. The summed E-state index contributed by atoms with van der Waals surface area (Å²) >= 11 is 0. The zero-order chi connectivity index (χ0) is 31.4. The molecule has 0 aromatic heterocycles. The molecular weight excluding hydrogens is 630 g/mol. The minimum atomic E-state index is -8.87. The van der Waals surface area contributed by atoms with Crippen molar-refractivity contribution >= 4 is 5.97 Å². The van der Waals surface area contributed by atoms with E-state index < -0.39 is 87.9 Å². The molecule has 0 saturated heterocycles. The molecule has 4 aliphatic carbocycles. The Labute approximate surface area is 195 Å². The number of esters is 1. The van der Waals surface area contributed by atoms with Crippen LogP contribution >= 0.6 is 0 Å².